The molecule has 0 aliphatic heterocycles. The minimum Gasteiger partial charge on any atom is -0.493 e. The van der Waals surface area contributed by atoms with Crippen molar-refractivity contribution in [3.63, 3.8) is 0 Å². The Morgan fingerprint density at radius 3 is 2.83 bits per heavy atom. The normalized spacial score (nSPS) is 14.7. The van der Waals surface area contributed by atoms with Gasteiger partial charge in [0.15, 0.2) is 5.96 Å². The summed E-state index contributed by atoms with van der Waals surface area (Å²) in [7, 11) is 3.50. The maximum Gasteiger partial charge on any atom is 0.191 e. The maximum absolute atomic E-state index is 6.00. The third kappa shape index (κ3) is 6.48. The van der Waals surface area contributed by atoms with Crippen molar-refractivity contribution in [3.05, 3.63) is 29.3 Å². The van der Waals surface area contributed by atoms with E-state index in [4.69, 9.17) is 9.47 Å². The monoisotopic (exact) mass is 319 g/mol. The number of nitrogens with zero attached hydrogens (tertiary/aromatic N) is 1. The molecule has 0 heterocycles. The highest BCUT2D eigenvalue weighted by molar-refractivity contribution is 5.79. The summed E-state index contributed by atoms with van der Waals surface area (Å²) in [6, 6.07) is 6.37. The molecule has 0 unspecified atom stereocenters. The van der Waals surface area contributed by atoms with Gasteiger partial charge in [-0.25, -0.2) is 0 Å². The van der Waals surface area contributed by atoms with Crippen molar-refractivity contribution in [2.45, 2.75) is 32.7 Å². The molecule has 1 aromatic rings. The highest BCUT2D eigenvalue weighted by Gasteiger charge is 2.22. The largest absolute Gasteiger partial charge is 0.493 e. The molecule has 0 spiro atoms. The first-order valence-electron chi connectivity index (χ1n) is 8.38. The molecular formula is C18H29N3O2. The molecule has 128 valence electrons. The second-order valence-corrected chi connectivity index (χ2v) is 6.06. The number of guanidine groups is 1. The maximum atomic E-state index is 6.00. The van der Waals surface area contributed by atoms with Crippen molar-refractivity contribution >= 4 is 5.96 Å². The van der Waals surface area contributed by atoms with E-state index in [1.54, 1.807) is 14.2 Å². The summed E-state index contributed by atoms with van der Waals surface area (Å²) in [5.74, 6) is 2.54. The van der Waals surface area contributed by atoms with Crippen molar-refractivity contribution < 1.29 is 9.47 Å². The summed E-state index contributed by atoms with van der Waals surface area (Å²) < 4.78 is 11.1. The molecule has 0 radical (unpaired) electrons. The van der Waals surface area contributed by atoms with E-state index in [1.807, 2.05) is 0 Å². The van der Waals surface area contributed by atoms with Crippen LogP contribution < -0.4 is 15.4 Å². The van der Waals surface area contributed by atoms with Crippen LogP contribution in [0, 0.1) is 12.8 Å². The molecule has 0 aromatic heterocycles. The molecule has 2 rings (SSSR count). The van der Waals surface area contributed by atoms with Crippen molar-refractivity contribution in [2.24, 2.45) is 10.9 Å². The Balaban J connectivity index is 1.84. The SMILES string of the molecule is CN=C(NCCCOC)NCc1ccc(C)cc1OCC1CC1. The van der Waals surface area contributed by atoms with Crippen LogP contribution in [0.2, 0.25) is 0 Å². The summed E-state index contributed by atoms with van der Waals surface area (Å²) in [6.45, 7) is 5.22. The van der Waals surface area contributed by atoms with Gasteiger partial charge in [0.05, 0.1) is 6.61 Å². The molecule has 0 bridgehead atoms. The lowest BCUT2D eigenvalue weighted by Crippen LogP contribution is -2.37. The molecule has 1 saturated carbocycles. The number of ether oxygens (including phenoxy) is 2. The predicted molar refractivity (Wildman–Crippen MR) is 94.1 cm³/mol. The molecule has 5 nitrogen and oxygen atoms in total. The molecule has 1 aromatic carbocycles. The van der Waals surface area contributed by atoms with Crippen LogP contribution >= 0.6 is 0 Å². The quantitative estimate of drug-likeness (QED) is 0.417. The van der Waals surface area contributed by atoms with Crippen molar-refractivity contribution in [2.75, 3.05) is 33.9 Å². The molecule has 2 N–H and O–H groups in total. The summed E-state index contributed by atoms with van der Waals surface area (Å²) >= 11 is 0. The van der Waals surface area contributed by atoms with Crippen LogP contribution in [0.15, 0.2) is 23.2 Å². The lowest BCUT2D eigenvalue weighted by atomic mass is 10.1. The molecule has 0 amide bonds. The second-order valence-electron chi connectivity index (χ2n) is 6.06. The van der Waals surface area contributed by atoms with Crippen molar-refractivity contribution in [1.82, 2.24) is 10.6 Å². The average Bonchev–Trinajstić information content (AvgIpc) is 3.38. The van der Waals surface area contributed by atoms with Gasteiger partial charge in [0.25, 0.3) is 0 Å². The molecule has 5 heteroatoms. The summed E-state index contributed by atoms with van der Waals surface area (Å²) in [5.41, 5.74) is 2.39. The Bertz CT molecular complexity index is 513. The van der Waals surface area contributed by atoms with Gasteiger partial charge in [0, 0.05) is 39.4 Å². The minimum absolute atomic E-state index is 0.699. The Morgan fingerprint density at radius 1 is 1.30 bits per heavy atom. The van der Waals surface area contributed by atoms with Crippen LogP contribution in [0.4, 0.5) is 0 Å². The molecular weight excluding hydrogens is 290 g/mol. The molecule has 0 saturated heterocycles. The van der Waals surface area contributed by atoms with Gasteiger partial charge in [0.2, 0.25) is 0 Å². The van der Waals surface area contributed by atoms with Crippen molar-refractivity contribution in [3.8, 4) is 5.75 Å². The number of rotatable bonds is 9. The Hall–Kier alpha value is -1.75. The molecule has 23 heavy (non-hydrogen) atoms. The van der Waals surface area contributed by atoms with Gasteiger partial charge in [-0.2, -0.15) is 0 Å². The zero-order chi connectivity index (χ0) is 16.5. The van der Waals surface area contributed by atoms with Crippen LogP contribution in [0.5, 0.6) is 5.75 Å². The van der Waals surface area contributed by atoms with Crippen molar-refractivity contribution in [1.29, 1.82) is 0 Å². The minimum atomic E-state index is 0.699. The first kappa shape index (κ1) is 17.6. The Labute approximate surface area is 139 Å². The number of nitrogens with one attached hydrogen (secondary N) is 2. The van der Waals surface area contributed by atoms with E-state index in [0.717, 1.165) is 49.4 Å². The van der Waals surface area contributed by atoms with E-state index in [1.165, 1.54) is 18.4 Å². The fourth-order valence-electron chi connectivity index (χ4n) is 2.26. The van der Waals surface area contributed by atoms with Gasteiger partial charge in [-0.3, -0.25) is 4.99 Å². The number of methoxy groups -OCH3 is 1. The number of hydrogen-bond donors (Lipinski definition) is 2. The van der Waals surface area contributed by atoms with E-state index in [-0.39, 0.29) is 0 Å². The van der Waals surface area contributed by atoms with Gasteiger partial charge in [-0.15, -0.1) is 0 Å². The highest BCUT2D eigenvalue weighted by atomic mass is 16.5. The fourth-order valence-corrected chi connectivity index (χ4v) is 2.26. The summed E-state index contributed by atoms with van der Waals surface area (Å²) in [6.07, 6.45) is 3.56. The van der Waals surface area contributed by atoms with Crippen LogP contribution in [-0.2, 0) is 11.3 Å². The zero-order valence-electron chi connectivity index (χ0n) is 14.5. The van der Waals surface area contributed by atoms with Gasteiger partial charge in [-0.05, 0) is 43.7 Å². The molecule has 0 atom stereocenters. The molecule has 1 aliphatic rings. The van der Waals surface area contributed by atoms with E-state index in [9.17, 15) is 0 Å². The number of benzene rings is 1. The van der Waals surface area contributed by atoms with E-state index in [0.29, 0.717) is 6.54 Å². The smallest absolute Gasteiger partial charge is 0.191 e. The first-order valence-corrected chi connectivity index (χ1v) is 8.38. The zero-order valence-corrected chi connectivity index (χ0v) is 14.5. The summed E-state index contributed by atoms with van der Waals surface area (Å²) in [5, 5.41) is 6.63. The molecule has 1 aliphatic carbocycles. The van der Waals surface area contributed by atoms with E-state index in [2.05, 4.69) is 40.7 Å². The topological polar surface area (TPSA) is 54.9 Å². The van der Waals surface area contributed by atoms with Crippen LogP contribution in [0.25, 0.3) is 0 Å². The third-order valence-electron chi connectivity index (χ3n) is 3.88. The first-order chi connectivity index (χ1) is 11.2. The molecule has 1 fully saturated rings. The van der Waals surface area contributed by atoms with Crippen LogP contribution in [0.1, 0.15) is 30.4 Å². The number of aryl methyl sites for hydroxylation is 1. The number of aliphatic imine (C=N–C) groups is 1. The van der Waals surface area contributed by atoms with Crippen LogP contribution in [0.3, 0.4) is 0 Å². The van der Waals surface area contributed by atoms with E-state index >= 15 is 0 Å². The lowest BCUT2D eigenvalue weighted by molar-refractivity contribution is 0.195. The Kier molecular flexibility index (Phi) is 7.20. The lowest BCUT2D eigenvalue weighted by Gasteiger charge is -2.15. The predicted octanol–water partition coefficient (Wildman–Crippen LogP) is 2.49. The van der Waals surface area contributed by atoms with Gasteiger partial charge in [0.1, 0.15) is 5.75 Å². The highest BCUT2D eigenvalue weighted by Crippen LogP contribution is 2.30. The Morgan fingerprint density at radius 2 is 2.13 bits per heavy atom. The van der Waals surface area contributed by atoms with Gasteiger partial charge in [-0.1, -0.05) is 12.1 Å². The second kappa shape index (κ2) is 9.40. The third-order valence-corrected chi connectivity index (χ3v) is 3.88. The van der Waals surface area contributed by atoms with Crippen LogP contribution in [-0.4, -0.2) is 39.9 Å². The van der Waals surface area contributed by atoms with Gasteiger partial charge < -0.3 is 20.1 Å². The van der Waals surface area contributed by atoms with E-state index < -0.39 is 0 Å². The van der Waals surface area contributed by atoms with Gasteiger partial charge >= 0.3 is 0 Å². The average molecular weight is 319 g/mol. The standard InChI is InChI=1S/C18H29N3O2/c1-14-5-8-16(17(11-14)23-13-15-6-7-15)12-21-18(19-2)20-9-4-10-22-3/h5,8,11,15H,4,6-7,9-10,12-13H2,1-3H3,(H2,19,20,21). The summed E-state index contributed by atoms with van der Waals surface area (Å²) in [4.78, 5) is 4.24. The number of hydrogen-bond acceptors (Lipinski definition) is 3. The fraction of sp³-hybridized carbons (Fsp3) is 0.611.